The molecule has 1 aliphatic heterocycles. The van der Waals surface area contributed by atoms with E-state index in [0.29, 0.717) is 5.56 Å². The van der Waals surface area contributed by atoms with Crippen molar-refractivity contribution >= 4 is 22.6 Å². The van der Waals surface area contributed by atoms with E-state index in [-0.39, 0.29) is 5.97 Å². The zero-order valence-electron chi connectivity index (χ0n) is 12.4. The fourth-order valence-corrected chi connectivity index (χ4v) is 2.72. The average Bonchev–Trinajstić information content (AvgIpc) is 2.54. The number of methoxy groups -OCH3 is 1. The third-order valence-corrected chi connectivity index (χ3v) is 3.98. The Kier molecular flexibility index (Phi) is 3.75. The van der Waals surface area contributed by atoms with Crippen LogP contribution in [0.25, 0.3) is 10.8 Å². The first-order chi connectivity index (χ1) is 10.2. The predicted molar refractivity (Wildman–Crippen MR) is 82.8 cm³/mol. The second-order valence-electron chi connectivity index (χ2n) is 5.32. The van der Waals surface area contributed by atoms with E-state index in [1.54, 1.807) is 6.20 Å². The summed E-state index contributed by atoms with van der Waals surface area (Å²) in [5, 5.41) is 1.90. The van der Waals surface area contributed by atoms with Crippen LogP contribution in [0.2, 0.25) is 0 Å². The summed E-state index contributed by atoms with van der Waals surface area (Å²) in [5.74, 6) is 0.606. The second kappa shape index (κ2) is 5.69. The van der Waals surface area contributed by atoms with Crippen molar-refractivity contribution in [1.82, 2.24) is 9.88 Å². The number of aromatic nitrogens is 1. The number of nitrogens with zero attached hydrogens (tertiary/aromatic N) is 3. The highest BCUT2D eigenvalue weighted by Crippen LogP contribution is 2.28. The van der Waals surface area contributed by atoms with Crippen LogP contribution in [0.3, 0.4) is 0 Å². The summed E-state index contributed by atoms with van der Waals surface area (Å²) in [6.07, 6.45) is 1.63. The van der Waals surface area contributed by atoms with E-state index in [1.165, 1.54) is 7.11 Å². The van der Waals surface area contributed by atoms with Crippen LogP contribution >= 0.6 is 0 Å². The first-order valence-electron chi connectivity index (χ1n) is 7.10. The standard InChI is InChI=1S/C16H19N3O2/c1-18-7-9-19(10-8-18)15-13-6-4-3-5-12(13)14(11-17-15)16(20)21-2/h3-6,11H,7-10H2,1-2H3. The van der Waals surface area contributed by atoms with Crippen LogP contribution in [-0.2, 0) is 4.74 Å². The number of ether oxygens (including phenoxy) is 1. The normalized spacial score (nSPS) is 16.2. The van der Waals surface area contributed by atoms with E-state index in [2.05, 4.69) is 21.8 Å². The van der Waals surface area contributed by atoms with Crippen molar-refractivity contribution < 1.29 is 9.53 Å². The number of pyridine rings is 1. The van der Waals surface area contributed by atoms with Crippen LogP contribution in [0, 0.1) is 0 Å². The van der Waals surface area contributed by atoms with Gasteiger partial charge in [0.15, 0.2) is 0 Å². The van der Waals surface area contributed by atoms with Crippen molar-refractivity contribution in [3.63, 3.8) is 0 Å². The molecule has 1 aromatic heterocycles. The van der Waals surface area contributed by atoms with Gasteiger partial charge in [-0.05, 0) is 7.05 Å². The van der Waals surface area contributed by atoms with Gasteiger partial charge in [0.25, 0.3) is 0 Å². The van der Waals surface area contributed by atoms with Crippen molar-refractivity contribution in [2.75, 3.05) is 45.2 Å². The first kappa shape index (κ1) is 13.8. The zero-order chi connectivity index (χ0) is 14.8. The smallest absolute Gasteiger partial charge is 0.340 e. The Morgan fingerprint density at radius 1 is 1.14 bits per heavy atom. The van der Waals surface area contributed by atoms with Crippen LogP contribution in [0.1, 0.15) is 10.4 Å². The number of likely N-dealkylation sites (N-methyl/N-ethyl adjacent to an activating group) is 1. The molecule has 0 atom stereocenters. The summed E-state index contributed by atoms with van der Waals surface area (Å²) in [6.45, 7) is 3.94. The number of fused-ring (bicyclic) bond motifs is 1. The molecule has 3 rings (SSSR count). The average molecular weight is 285 g/mol. The molecule has 0 unspecified atom stereocenters. The molecular formula is C16H19N3O2. The topological polar surface area (TPSA) is 45.7 Å². The Morgan fingerprint density at radius 2 is 1.81 bits per heavy atom. The highest BCUT2D eigenvalue weighted by molar-refractivity contribution is 6.07. The number of piperazine rings is 1. The predicted octanol–water partition coefficient (Wildman–Crippen LogP) is 1.77. The van der Waals surface area contributed by atoms with Crippen molar-refractivity contribution in [3.05, 3.63) is 36.0 Å². The molecule has 0 spiro atoms. The SMILES string of the molecule is COC(=O)c1cnc(N2CCN(C)CC2)c2ccccc12. The molecule has 0 saturated carbocycles. The summed E-state index contributed by atoms with van der Waals surface area (Å²) >= 11 is 0. The van der Waals surface area contributed by atoms with Gasteiger partial charge < -0.3 is 14.5 Å². The van der Waals surface area contributed by atoms with Gasteiger partial charge in [-0.25, -0.2) is 9.78 Å². The molecule has 0 bridgehead atoms. The minimum Gasteiger partial charge on any atom is -0.465 e. The lowest BCUT2D eigenvalue weighted by Crippen LogP contribution is -2.44. The number of benzene rings is 1. The summed E-state index contributed by atoms with van der Waals surface area (Å²) in [5.41, 5.74) is 0.519. The van der Waals surface area contributed by atoms with Gasteiger partial charge in [-0.1, -0.05) is 24.3 Å². The molecule has 110 valence electrons. The van der Waals surface area contributed by atoms with Gasteiger partial charge in [0.2, 0.25) is 0 Å². The summed E-state index contributed by atoms with van der Waals surface area (Å²) in [7, 11) is 3.52. The summed E-state index contributed by atoms with van der Waals surface area (Å²) < 4.78 is 4.84. The molecule has 1 aliphatic rings. The number of carbonyl (C=O) groups excluding carboxylic acids is 1. The Morgan fingerprint density at radius 3 is 2.48 bits per heavy atom. The van der Waals surface area contributed by atoms with Gasteiger partial charge in [0, 0.05) is 43.1 Å². The molecule has 2 heterocycles. The number of esters is 1. The van der Waals surface area contributed by atoms with Gasteiger partial charge in [0.05, 0.1) is 12.7 Å². The number of hydrogen-bond acceptors (Lipinski definition) is 5. The third-order valence-electron chi connectivity index (χ3n) is 3.98. The maximum absolute atomic E-state index is 11.9. The fourth-order valence-electron chi connectivity index (χ4n) is 2.72. The molecule has 1 saturated heterocycles. The van der Waals surface area contributed by atoms with Gasteiger partial charge in [-0.2, -0.15) is 0 Å². The quantitative estimate of drug-likeness (QED) is 0.787. The number of rotatable bonds is 2. The van der Waals surface area contributed by atoms with Crippen molar-refractivity contribution in [3.8, 4) is 0 Å². The molecule has 1 fully saturated rings. The maximum atomic E-state index is 11.9. The third kappa shape index (κ3) is 2.56. The van der Waals surface area contributed by atoms with E-state index in [1.807, 2.05) is 24.3 Å². The minimum absolute atomic E-state index is 0.344. The molecule has 0 N–H and O–H groups in total. The Hall–Kier alpha value is -2.14. The number of anilines is 1. The lowest BCUT2D eigenvalue weighted by molar-refractivity contribution is 0.0602. The van der Waals surface area contributed by atoms with Crippen LogP contribution in [-0.4, -0.2) is 56.2 Å². The summed E-state index contributed by atoms with van der Waals surface area (Å²) in [4.78, 5) is 21.0. The molecule has 0 radical (unpaired) electrons. The number of carbonyl (C=O) groups is 1. The Balaban J connectivity index is 2.07. The van der Waals surface area contributed by atoms with Crippen LogP contribution in [0.5, 0.6) is 0 Å². The lowest BCUT2D eigenvalue weighted by atomic mass is 10.1. The Bertz CT molecular complexity index is 664. The molecule has 5 nitrogen and oxygen atoms in total. The van der Waals surface area contributed by atoms with Crippen molar-refractivity contribution in [1.29, 1.82) is 0 Å². The highest BCUT2D eigenvalue weighted by Gasteiger charge is 2.20. The van der Waals surface area contributed by atoms with Gasteiger partial charge in [-0.3, -0.25) is 0 Å². The molecule has 5 heteroatoms. The van der Waals surface area contributed by atoms with Crippen molar-refractivity contribution in [2.45, 2.75) is 0 Å². The highest BCUT2D eigenvalue weighted by atomic mass is 16.5. The Labute approximate surface area is 124 Å². The van der Waals surface area contributed by atoms with Crippen LogP contribution in [0.15, 0.2) is 30.5 Å². The summed E-state index contributed by atoms with van der Waals surface area (Å²) in [6, 6.07) is 7.87. The van der Waals surface area contributed by atoms with Crippen molar-refractivity contribution in [2.24, 2.45) is 0 Å². The molecule has 0 aliphatic carbocycles. The monoisotopic (exact) mass is 285 g/mol. The molecule has 2 aromatic rings. The van der Waals surface area contributed by atoms with E-state index in [0.717, 1.165) is 42.8 Å². The molecule has 1 aromatic carbocycles. The van der Waals surface area contributed by atoms with Gasteiger partial charge in [-0.15, -0.1) is 0 Å². The molecule has 21 heavy (non-hydrogen) atoms. The largest absolute Gasteiger partial charge is 0.465 e. The minimum atomic E-state index is -0.344. The van der Waals surface area contributed by atoms with Crippen LogP contribution in [0.4, 0.5) is 5.82 Å². The first-order valence-corrected chi connectivity index (χ1v) is 7.10. The van der Waals surface area contributed by atoms with Gasteiger partial charge in [0.1, 0.15) is 5.82 Å². The van der Waals surface area contributed by atoms with E-state index < -0.39 is 0 Å². The van der Waals surface area contributed by atoms with E-state index in [4.69, 9.17) is 4.74 Å². The maximum Gasteiger partial charge on any atom is 0.340 e. The van der Waals surface area contributed by atoms with E-state index >= 15 is 0 Å². The lowest BCUT2D eigenvalue weighted by Gasteiger charge is -2.33. The van der Waals surface area contributed by atoms with Crippen LogP contribution < -0.4 is 4.90 Å². The zero-order valence-corrected chi connectivity index (χ0v) is 12.4. The second-order valence-corrected chi connectivity index (χ2v) is 5.32. The number of hydrogen-bond donors (Lipinski definition) is 0. The van der Waals surface area contributed by atoms with E-state index in [9.17, 15) is 4.79 Å². The van der Waals surface area contributed by atoms with Gasteiger partial charge >= 0.3 is 5.97 Å². The fraction of sp³-hybridized carbons (Fsp3) is 0.375. The molecular weight excluding hydrogens is 266 g/mol. The molecule has 0 amide bonds.